The minimum absolute atomic E-state index is 0.245. The van der Waals surface area contributed by atoms with Crippen molar-refractivity contribution in [3.8, 4) is 11.5 Å². The van der Waals surface area contributed by atoms with Crippen molar-refractivity contribution in [2.75, 3.05) is 6.61 Å². The largest absolute Gasteiger partial charge is 0.490 e. The summed E-state index contributed by atoms with van der Waals surface area (Å²) in [7, 11) is 0. The summed E-state index contributed by atoms with van der Waals surface area (Å²) in [5.41, 5.74) is -5.00. The summed E-state index contributed by atoms with van der Waals surface area (Å²) in [6, 6.07) is 8.14. The van der Waals surface area contributed by atoms with Gasteiger partial charge in [0.05, 0.1) is 0 Å². The van der Waals surface area contributed by atoms with Crippen LogP contribution in [-0.4, -0.2) is 39.6 Å². The Morgan fingerprint density at radius 2 is 1.48 bits per heavy atom. The van der Waals surface area contributed by atoms with E-state index < -0.39 is 30.5 Å². The van der Waals surface area contributed by atoms with Crippen LogP contribution in [0.3, 0.4) is 0 Å². The predicted molar refractivity (Wildman–Crippen MR) is 100 cm³/mol. The maximum atomic E-state index is 12.7. The Hall–Kier alpha value is -1.76. The number of fused-ring (bicyclic) bond motifs is 1. The Balaban J connectivity index is 2.20. The van der Waals surface area contributed by atoms with E-state index in [1.54, 1.807) is 0 Å². The quantitative estimate of drug-likeness (QED) is 0.182. The molecule has 0 radical (unpaired) electrons. The van der Waals surface area contributed by atoms with Crippen molar-refractivity contribution in [2.24, 2.45) is 0 Å². The molecule has 0 saturated carbocycles. The van der Waals surface area contributed by atoms with Crippen LogP contribution in [0.5, 0.6) is 11.5 Å². The zero-order chi connectivity index (χ0) is 22.0. The van der Waals surface area contributed by atoms with Crippen molar-refractivity contribution in [1.82, 2.24) is 0 Å². The first-order chi connectivity index (χ1) is 13.3. The zero-order valence-corrected chi connectivity index (χ0v) is 16.9. The summed E-state index contributed by atoms with van der Waals surface area (Å²) in [5.74, 6) is -0.492. The maximum Gasteiger partial charge on any atom is 0.429 e. The smallest absolute Gasteiger partial charge is 0.429 e. The summed E-state index contributed by atoms with van der Waals surface area (Å²) in [4.78, 5) is 11.8. The van der Waals surface area contributed by atoms with Crippen LogP contribution in [0.1, 0.15) is 13.3 Å². The molecule has 0 heterocycles. The number of carbonyl (C=O) groups is 1. The molecule has 0 fully saturated rings. The molecule has 11 heteroatoms. The molecule has 0 aliphatic heterocycles. The number of ether oxygens (including phenoxy) is 2. The van der Waals surface area contributed by atoms with E-state index >= 15 is 0 Å². The molecule has 1 atom stereocenters. The van der Waals surface area contributed by atoms with Gasteiger partial charge in [0.2, 0.25) is 0 Å². The monoisotopic (exact) mass is 536 g/mol. The van der Waals surface area contributed by atoms with E-state index in [0.717, 1.165) is 6.07 Å². The average Bonchev–Trinajstić information content (AvgIpc) is 2.63. The van der Waals surface area contributed by atoms with Crippen LogP contribution in [0.25, 0.3) is 10.8 Å². The molecule has 29 heavy (non-hydrogen) atoms. The number of hydrogen-bond acceptors (Lipinski definition) is 4. The second kappa shape index (κ2) is 8.54. The standard InChI is InChI=1S/C18H15F6IO4/c1-2-14(25)15(26)29-13-6-4-10-7-12(5-3-11(10)8-13)28-9-16(27,17(19,20)21)18(22,23)24/h3-8,14,27H,2,9H2,1H3. The van der Waals surface area contributed by atoms with Gasteiger partial charge in [0, 0.05) is 0 Å². The molecule has 0 bridgehead atoms. The van der Waals surface area contributed by atoms with Gasteiger partial charge in [0.1, 0.15) is 22.0 Å². The lowest BCUT2D eigenvalue weighted by atomic mass is 10.0. The van der Waals surface area contributed by atoms with Crippen LogP contribution in [0.15, 0.2) is 36.4 Å². The third-order valence-corrected chi connectivity index (χ3v) is 5.39. The summed E-state index contributed by atoms with van der Waals surface area (Å²) in [5, 5.41) is 10.1. The van der Waals surface area contributed by atoms with Gasteiger partial charge in [-0.05, 0) is 41.5 Å². The van der Waals surface area contributed by atoms with Crippen LogP contribution in [0.4, 0.5) is 26.3 Å². The number of alkyl halides is 7. The van der Waals surface area contributed by atoms with Crippen molar-refractivity contribution >= 4 is 39.3 Å². The fraction of sp³-hybridized carbons (Fsp3) is 0.389. The van der Waals surface area contributed by atoms with Crippen molar-refractivity contribution in [2.45, 2.75) is 35.2 Å². The molecule has 1 N–H and O–H groups in total. The lowest BCUT2D eigenvalue weighted by Gasteiger charge is -2.31. The fourth-order valence-corrected chi connectivity index (χ4v) is 2.34. The normalized spacial score (nSPS) is 14.0. The highest BCUT2D eigenvalue weighted by Crippen LogP contribution is 2.43. The summed E-state index contributed by atoms with van der Waals surface area (Å²) in [6.45, 7) is -0.228. The van der Waals surface area contributed by atoms with Gasteiger partial charge in [-0.15, -0.1) is 0 Å². The lowest BCUT2D eigenvalue weighted by Crippen LogP contribution is -2.60. The van der Waals surface area contributed by atoms with Crippen LogP contribution < -0.4 is 9.47 Å². The molecule has 0 amide bonds. The van der Waals surface area contributed by atoms with Gasteiger partial charge in [-0.3, -0.25) is 4.79 Å². The molecule has 0 aliphatic carbocycles. The van der Waals surface area contributed by atoms with Crippen LogP contribution >= 0.6 is 22.6 Å². The molecule has 2 aromatic carbocycles. The second-order valence-corrected chi connectivity index (χ2v) is 7.62. The zero-order valence-electron chi connectivity index (χ0n) is 14.8. The second-order valence-electron chi connectivity index (χ2n) is 6.11. The summed E-state index contributed by atoms with van der Waals surface area (Å²) < 4.78 is 85.6. The first kappa shape index (κ1) is 23.5. The molecule has 160 valence electrons. The molecule has 0 saturated heterocycles. The van der Waals surface area contributed by atoms with Crippen LogP contribution in [0.2, 0.25) is 0 Å². The molecule has 1 unspecified atom stereocenters. The first-order valence-corrected chi connectivity index (χ1v) is 9.41. The molecular formula is C18H15F6IO4. The number of esters is 1. The number of halogens is 7. The van der Waals surface area contributed by atoms with E-state index in [0.29, 0.717) is 17.2 Å². The minimum Gasteiger partial charge on any atom is -0.490 e. The average molecular weight is 536 g/mol. The Morgan fingerprint density at radius 3 is 1.97 bits per heavy atom. The highest BCUT2D eigenvalue weighted by molar-refractivity contribution is 14.1. The van der Waals surface area contributed by atoms with Crippen LogP contribution in [-0.2, 0) is 4.79 Å². The lowest BCUT2D eigenvalue weighted by molar-refractivity contribution is -0.373. The Labute approximate surface area is 174 Å². The Bertz CT molecular complexity index is 867. The Kier molecular flexibility index (Phi) is 6.93. The fourth-order valence-electron chi connectivity index (χ4n) is 2.21. The molecule has 4 nitrogen and oxygen atoms in total. The van der Waals surface area contributed by atoms with E-state index in [-0.39, 0.29) is 15.4 Å². The van der Waals surface area contributed by atoms with Crippen molar-refractivity contribution < 1.29 is 45.7 Å². The maximum absolute atomic E-state index is 12.7. The molecule has 0 aromatic heterocycles. The van der Waals surface area contributed by atoms with Gasteiger partial charge < -0.3 is 14.6 Å². The molecule has 0 spiro atoms. The van der Waals surface area contributed by atoms with Crippen molar-refractivity contribution in [3.05, 3.63) is 36.4 Å². The predicted octanol–water partition coefficient (Wildman–Crippen LogP) is 5.19. The number of aliphatic hydroxyl groups is 1. The SMILES string of the molecule is CCC(I)C(=O)Oc1ccc2cc(OCC(O)(C(F)(F)F)C(F)(F)F)ccc2c1. The molecular weight excluding hydrogens is 521 g/mol. The Morgan fingerprint density at radius 1 is 1.00 bits per heavy atom. The van der Waals surface area contributed by atoms with Crippen molar-refractivity contribution in [1.29, 1.82) is 0 Å². The van der Waals surface area contributed by atoms with E-state index in [1.807, 2.05) is 29.5 Å². The van der Waals surface area contributed by atoms with E-state index in [4.69, 9.17) is 9.84 Å². The topological polar surface area (TPSA) is 55.8 Å². The van der Waals surface area contributed by atoms with E-state index in [1.165, 1.54) is 30.3 Å². The highest BCUT2D eigenvalue weighted by Gasteiger charge is 2.71. The highest BCUT2D eigenvalue weighted by atomic mass is 127. The third-order valence-electron chi connectivity index (χ3n) is 4.00. The van der Waals surface area contributed by atoms with Gasteiger partial charge in [-0.1, -0.05) is 41.6 Å². The van der Waals surface area contributed by atoms with Gasteiger partial charge in [0.25, 0.3) is 5.60 Å². The van der Waals surface area contributed by atoms with Gasteiger partial charge in [0.15, 0.2) is 0 Å². The van der Waals surface area contributed by atoms with Gasteiger partial charge in [-0.2, -0.15) is 26.3 Å². The third kappa shape index (κ3) is 5.24. The van der Waals surface area contributed by atoms with E-state index in [9.17, 15) is 31.1 Å². The number of benzene rings is 2. The van der Waals surface area contributed by atoms with E-state index in [2.05, 4.69) is 4.74 Å². The molecule has 0 aliphatic rings. The van der Waals surface area contributed by atoms with Crippen LogP contribution in [0, 0.1) is 0 Å². The summed E-state index contributed by atoms with van der Waals surface area (Å²) in [6.07, 6.45) is -11.3. The summed E-state index contributed by atoms with van der Waals surface area (Å²) >= 11 is 1.94. The minimum atomic E-state index is -5.96. The van der Waals surface area contributed by atoms with Crippen molar-refractivity contribution in [3.63, 3.8) is 0 Å². The number of carbonyl (C=O) groups excluding carboxylic acids is 1. The van der Waals surface area contributed by atoms with Gasteiger partial charge >= 0.3 is 18.3 Å². The molecule has 2 rings (SSSR count). The van der Waals surface area contributed by atoms with Gasteiger partial charge in [-0.25, -0.2) is 0 Å². The number of rotatable bonds is 6. The first-order valence-electron chi connectivity index (χ1n) is 8.16. The molecule has 2 aromatic rings. The number of hydrogen-bond donors (Lipinski definition) is 1.